The van der Waals surface area contributed by atoms with E-state index >= 15 is 0 Å². The van der Waals surface area contributed by atoms with Crippen LogP contribution in [0.4, 0.5) is 5.82 Å². The molecule has 0 saturated carbocycles. The van der Waals surface area contributed by atoms with Gasteiger partial charge in [-0.25, -0.2) is 14.3 Å². The maximum atomic E-state index is 11.6. The Labute approximate surface area is 194 Å². The van der Waals surface area contributed by atoms with Crippen molar-refractivity contribution in [2.75, 3.05) is 32.9 Å². The van der Waals surface area contributed by atoms with E-state index in [2.05, 4.69) is 14.6 Å². The van der Waals surface area contributed by atoms with E-state index in [9.17, 15) is 20.4 Å². The molecule has 178 valence electrons. The van der Waals surface area contributed by atoms with Crippen LogP contribution < -0.4 is 5.32 Å². The van der Waals surface area contributed by atoms with E-state index in [1.165, 1.54) is 18.3 Å². The van der Waals surface area contributed by atoms with Gasteiger partial charge in [0, 0.05) is 19.5 Å². The fraction of sp³-hybridized carbons (Fsp3) is 0.524. The Morgan fingerprint density at radius 2 is 1.91 bits per heavy atom. The third-order valence-electron chi connectivity index (χ3n) is 5.99. The Morgan fingerprint density at radius 3 is 2.61 bits per heavy atom. The van der Waals surface area contributed by atoms with Crippen LogP contribution in [0.2, 0.25) is 0 Å². The Balaban J connectivity index is 1.56. The predicted molar refractivity (Wildman–Crippen MR) is 119 cm³/mol. The molecule has 4 heterocycles. The van der Waals surface area contributed by atoms with Crippen LogP contribution in [0, 0.1) is 0 Å². The molecule has 3 aliphatic rings. The number of fused-ring (bicyclic) bond motifs is 1. The normalized spacial score (nSPS) is 32.0. The number of nitrogens with zero attached hydrogens (tertiary/aromatic N) is 4. The molecule has 11 nitrogen and oxygen atoms in total. The minimum atomic E-state index is -1.54. The van der Waals surface area contributed by atoms with Crippen LogP contribution in [0.1, 0.15) is 17.5 Å². The highest BCUT2D eigenvalue weighted by molar-refractivity contribution is 7.96. The number of ether oxygens (including phenoxy) is 2. The zero-order valence-electron chi connectivity index (χ0n) is 17.8. The molecule has 2 aromatic rings. The second-order valence-corrected chi connectivity index (χ2v) is 9.29. The van der Waals surface area contributed by atoms with Crippen LogP contribution in [0.25, 0.3) is 0 Å². The van der Waals surface area contributed by atoms with Gasteiger partial charge in [0.05, 0.1) is 26.2 Å². The summed E-state index contributed by atoms with van der Waals surface area (Å²) in [6, 6.07) is 9.53. The molecular formula is C21H27N5O6S. The summed E-state index contributed by atoms with van der Waals surface area (Å²) in [5.74, 6) is 0.317. The molecule has 1 unspecified atom stereocenters. The number of aliphatic hydroxyl groups excluding tert-OH is 3. The van der Waals surface area contributed by atoms with Crippen molar-refractivity contribution in [3.05, 3.63) is 41.6 Å². The summed E-state index contributed by atoms with van der Waals surface area (Å²) in [6.07, 6.45) is -2.92. The van der Waals surface area contributed by atoms with E-state index in [0.29, 0.717) is 43.0 Å². The number of aliphatic imine (C=N–C) groups is 1. The molecular weight excluding hydrogens is 450 g/mol. The van der Waals surface area contributed by atoms with E-state index in [1.807, 2.05) is 30.3 Å². The zero-order valence-corrected chi connectivity index (χ0v) is 18.6. The molecule has 2 fully saturated rings. The van der Waals surface area contributed by atoms with Gasteiger partial charge in [-0.2, -0.15) is 0 Å². The van der Waals surface area contributed by atoms with Gasteiger partial charge in [0.25, 0.3) is 0 Å². The van der Waals surface area contributed by atoms with Gasteiger partial charge in [-0.1, -0.05) is 30.3 Å². The molecule has 33 heavy (non-hydrogen) atoms. The first-order valence-corrected chi connectivity index (χ1v) is 11.6. The fourth-order valence-electron chi connectivity index (χ4n) is 4.24. The van der Waals surface area contributed by atoms with E-state index in [0.717, 1.165) is 5.56 Å². The lowest BCUT2D eigenvalue weighted by atomic mass is 9.98. The molecule has 12 heteroatoms. The van der Waals surface area contributed by atoms with Crippen molar-refractivity contribution in [1.82, 2.24) is 19.2 Å². The standard InChI is InChI=1S/C21H27N5O6S/c27-11-14-15(28)16(29)19(32-14)26-18-17(24-20(26)33-25-6-8-31-9-7-25)21(30,23-12-22-18)10-13-4-2-1-3-5-13/h1-5,12,14-16,19,27-30H,6-11H2,(H,22,23)/t14-,15-,16-,19-,21?/m1/s1. The molecule has 2 saturated heterocycles. The third kappa shape index (κ3) is 4.29. The first-order valence-electron chi connectivity index (χ1n) is 10.8. The second-order valence-electron chi connectivity index (χ2n) is 8.22. The highest BCUT2D eigenvalue weighted by Crippen LogP contribution is 2.43. The number of imidazole rings is 1. The van der Waals surface area contributed by atoms with Crippen molar-refractivity contribution in [2.45, 2.75) is 41.8 Å². The SMILES string of the molecule is OC[C@H]1O[C@@H](n2c(SN3CCOCC3)nc3c2N=CNC3(O)Cc2ccccc2)[C@H](O)[C@@H]1O. The Kier molecular flexibility index (Phi) is 6.42. The predicted octanol–water partition coefficient (Wildman–Crippen LogP) is -0.515. The van der Waals surface area contributed by atoms with E-state index in [-0.39, 0.29) is 6.42 Å². The molecule has 3 aliphatic heterocycles. The molecule has 5 rings (SSSR count). The van der Waals surface area contributed by atoms with Crippen molar-refractivity contribution < 1.29 is 29.9 Å². The van der Waals surface area contributed by atoms with Crippen molar-refractivity contribution in [3.63, 3.8) is 0 Å². The Hall–Kier alpha value is -2.03. The number of nitrogens with one attached hydrogen (secondary N) is 1. The molecule has 0 aliphatic carbocycles. The summed E-state index contributed by atoms with van der Waals surface area (Å²) in [4.78, 5) is 9.14. The van der Waals surface area contributed by atoms with Gasteiger partial charge in [0.2, 0.25) is 0 Å². The highest BCUT2D eigenvalue weighted by atomic mass is 32.2. The smallest absolute Gasteiger partial charge is 0.187 e. The fourth-order valence-corrected chi connectivity index (χ4v) is 5.21. The molecule has 5 N–H and O–H groups in total. The van der Waals surface area contributed by atoms with E-state index < -0.39 is 36.9 Å². The van der Waals surface area contributed by atoms with E-state index in [1.54, 1.807) is 4.57 Å². The topological polar surface area (TPSA) is 145 Å². The molecule has 0 radical (unpaired) electrons. The Morgan fingerprint density at radius 1 is 1.15 bits per heavy atom. The molecule has 0 bridgehead atoms. The first-order chi connectivity index (χ1) is 16.0. The third-order valence-corrected chi connectivity index (χ3v) is 7.07. The van der Waals surface area contributed by atoms with Crippen LogP contribution in [-0.2, 0) is 21.6 Å². The largest absolute Gasteiger partial charge is 0.394 e. The van der Waals surface area contributed by atoms with Crippen molar-refractivity contribution in [3.8, 4) is 0 Å². The van der Waals surface area contributed by atoms with Gasteiger partial charge >= 0.3 is 0 Å². The summed E-state index contributed by atoms with van der Waals surface area (Å²) in [5, 5.41) is 45.6. The average Bonchev–Trinajstić information content (AvgIpc) is 3.33. The average molecular weight is 478 g/mol. The second kappa shape index (κ2) is 9.31. The lowest BCUT2D eigenvalue weighted by Crippen LogP contribution is -2.45. The van der Waals surface area contributed by atoms with Crippen LogP contribution in [0.5, 0.6) is 0 Å². The molecule has 1 aromatic heterocycles. The summed E-state index contributed by atoms with van der Waals surface area (Å²) < 4.78 is 14.9. The molecule has 0 amide bonds. The minimum absolute atomic E-state index is 0.238. The van der Waals surface area contributed by atoms with Crippen LogP contribution in [0.3, 0.4) is 0 Å². The molecule has 5 atom stereocenters. The quantitative estimate of drug-likeness (QED) is 0.345. The van der Waals surface area contributed by atoms with Gasteiger partial charge in [-0.05, 0) is 17.5 Å². The van der Waals surface area contributed by atoms with Gasteiger partial charge < -0.3 is 35.2 Å². The first kappa shape index (κ1) is 22.7. The van der Waals surface area contributed by atoms with E-state index in [4.69, 9.17) is 14.5 Å². The number of aromatic nitrogens is 2. The lowest BCUT2D eigenvalue weighted by molar-refractivity contribution is -0.0561. The number of hydrogen-bond donors (Lipinski definition) is 5. The summed E-state index contributed by atoms with van der Waals surface area (Å²) >= 11 is 1.35. The number of hydrogen-bond acceptors (Lipinski definition) is 11. The van der Waals surface area contributed by atoms with Crippen LogP contribution >= 0.6 is 11.9 Å². The van der Waals surface area contributed by atoms with Gasteiger partial charge in [0.15, 0.2) is 22.9 Å². The summed E-state index contributed by atoms with van der Waals surface area (Å²) in [5.41, 5.74) is -0.344. The summed E-state index contributed by atoms with van der Waals surface area (Å²) in [7, 11) is 0. The summed E-state index contributed by atoms with van der Waals surface area (Å²) in [6.45, 7) is 2.07. The van der Waals surface area contributed by atoms with Crippen LogP contribution in [0.15, 0.2) is 40.5 Å². The van der Waals surface area contributed by atoms with Crippen molar-refractivity contribution in [2.24, 2.45) is 4.99 Å². The van der Waals surface area contributed by atoms with Gasteiger partial charge in [-0.3, -0.25) is 4.57 Å². The lowest BCUT2D eigenvalue weighted by Gasteiger charge is -2.30. The Bertz CT molecular complexity index is 1000. The maximum Gasteiger partial charge on any atom is 0.187 e. The molecule has 0 spiro atoms. The monoisotopic (exact) mass is 477 g/mol. The minimum Gasteiger partial charge on any atom is -0.394 e. The highest BCUT2D eigenvalue weighted by Gasteiger charge is 2.48. The maximum absolute atomic E-state index is 11.6. The molecule has 1 aromatic carbocycles. The van der Waals surface area contributed by atoms with Gasteiger partial charge in [-0.15, -0.1) is 0 Å². The number of morpholine rings is 1. The zero-order chi connectivity index (χ0) is 23.0. The number of benzene rings is 1. The van der Waals surface area contributed by atoms with Crippen LogP contribution in [-0.4, -0.2) is 91.8 Å². The van der Waals surface area contributed by atoms with Gasteiger partial charge in [0.1, 0.15) is 24.0 Å². The van der Waals surface area contributed by atoms with Crippen molar-refractivity contribution >= 4 is 24.1 Å². The van der Waals surface area contributed by atoms with Crippen molar-refractivity contribution in [1.29, 1.82) is 0 Å². The number of aliphatic hydroxyl groups is 4. The number of rotatable bonds is 6.